The van der Waals surface area contributed by atoms with E-state index in [1.165, 1.54) is 5.57 Å². The molecule has 2 heterocycles. The zero-order valence-electron chi connectivity index (χ0n) is 13.1. The monoisotopic (exact) mass is 302 g/mol. The lowest BCUT2D eigenvalue weighted by Crippen LogP contribution is -2.32. The molecular formula is C20H18N2O. The Morgan fingerprint density at radius 1 is 1.04 bits per heavy atom. The van der Waals surface area contributed by atoms with E-state index in [9.17, 15) is 4.79 Å². The fourth-order valence-corrected chi connectivity index (χ4v) is 3.40. The SMILES string of the molecule is CC1=NC2=C(C1)c1ccccc1N(C(=O)c1ccccc1)CC2. The van der Waals surface area contributed by atoms with Crippen molar-refractivity contribution in [3.63, 3.8) is 0 Å². The molecule has 2 aliphatic heterocycles. The molecule has 0 unspecified atom stereocenters. The molecule has 114 valence electrons. The topological polar surface area (TPSA) is 32.7 Å². The van der Waals surface area contributed by atoms with E-state index in [0.717, 1.165) is 41.1 Å². The van der Waals surface area contributed by atoms with Crippen molar-refractivity contribution in [1.82, 2.24) is 0 Å². The predicted molar refractivity (Wildman–Crippen MR) is 93.8 cm³/mol. The number of amides is 1. The van der Waals surface area contributed by atoms with Gasteiger partial charge >= 0.3 is 0 Å². The summed E-state index contributed by atoms with van der Waals surface area (Å²) in [4.78, 5) is 19.6. The number of fused-ring (bicyclic) bond motifs is 2. The van der Waals surface area contributed by atoms with Gasteiger partial charge in [0.05, 0.1) is 5.69 Å². The largest absolute Gasteiger partial charge is 0.307 e. The predicted octanol–water partition coefficient (Wildman–Crippen LogP) is 4.31. The van der Waals surface area contributed by atoms with Gasteiger partial charge in [-0.15, -0.1) is 0 Å². The molecule has 3 nitrogen and oxygen atoms in total. The van der Waals surface area contributed by atoms with Crippen LogP contribution in [0.15, 0.2) is 65.3 Å². The number of allylic oxidation sites excluding steroid dienone is 1. The summed E-state index contributed by atoms with van der Waals surface area (Å²) >= 11 is 0. The molecule has 1 amide bonds. The van der Waals surface area contributed by atoms with Crippen molar-refractivity contribution < 1.29 is 4.79 Å². The van der Waals surface area contributed by atoms with Gasteiger partial charge in [0, 0.05) is 41.9 Å². The van der Waals surface area contributed by atoms with Crippen LogP contribution in [0.25, 0.3) is 5.57 Å². The smallest absolute Gasteiger partial charge is 0.258 e. The summed E-state index contributed by atoms with van der Waals surface area (Å²) < 4.78 is 0. The van der Waals surface area contributed by atoms with Gasteiger partial charge in [0.25, 0.3) is 5.91 Å². The van der Waals surface area contributed by atoms with Gasteiger partial charge in [-0.05, 0) is 30.7 Å². The van der Waals surface area contributed by atoms with E-state index in [-0.39, 0.29) is 5.91 Å². The number of benzene rings is 2. The van der Waals surface area contributed by atoms with Crippen molar-refractivity contribution in [3.8, 4) is 0 Å². The van der Waals surface area contributed by atoms with Gasteiger partial charge in [0.2, 0.25) is 0 Å². The van der Waals surface area contributed by atoms with Crippen LogP contribution >= 0.6 is 0 Å². The summed E-state index contributed by atoms with van der Waals surface area (Å²) in [5.41, 5.74) is 6.44. The molecule has 0 aliphatic carbocycles. The molecule has 2 aromatic rings. The Hall–Kier alpha value is -2.68. The second-order valence-electron chi connectivity index (χ2n) is 6.04. The molecule has 0 radical (unpaired) electrons. The van der Waals surface area contributed by atoms with Crippen LogP contribution in [-0.4, -0.2) is 18.2 Å². The van der Waals surface area contributed by atoms with E-state index in [0.29, 0.717) is 6.54 Å². The Kier molecular flexibility index (Phi) is 3.34. The van der Waals surface area contributed by atoms with Crippen LogP contribution in [0, 0.1) is 0 Å². The number of rotatable bonds is 1. The van der Waals surface area contributed by atoms with Crippen molar-refractivity contribution >= 4 is 22.9 Å². The first kappa shape index (κ1) is 13.9. The van der Waals surface area contributed by atoms with Crippen molar-refractivity contribution in [2.24, 2.45) is 4.99 Å². The Morgan fingerprint density at radius 3 is 2.61 bits per heavy atom. The molecule has 23 heavy (non-hydrogen) atoms. The van der Waals surface area contributed by atoms with E-state index in [1.54, 1.807) is 0 Å². The van der Waals surface area contributed by atoms with E-state index >= 15 is 0 Å². The Balaban J connectivity index is 1.78. The van der Waals surface area contributed by atoms with Gasteiger partial charge in [-0.3, -0.25) is 9.79 Å². The second kappa shape index (κ2) is 5.51. The zero-order valence-corrected chi connectivity index (χ0v) is 13.1. The van der Waals surface area contributed by atoms with Crippen molar-refractivity contribution in [2.75, 3.05) is 11.4 Å². The minimum atomic E-state index is 0.0555. The van der Waals surface area contributed by atoms with Crippen molar-refractivity contribution in [3.05, 3.63) is 71.4 Å². The summed E-state index contributed by atoms with van der Waals surface area (Å²) in [5.74, 6) is 0.0555. The van der Waals surface area contributed by atoms with Crippen LogP contribution < -0.4 is 4.90 Å². The van der Waals surface area contributed by atoms with Crippen LogP contribution in [0.2, 0.25) is 0 Å². The number of carbonyl (C=O) groups excluding carboxylic acids is 1. The molecule has 0 spiro atoms. The molecule has 0 bridgehead atoms. The molecule has 0 atom stereocenters. The molecule has 0 saturated heterocycles. The first-order chi connectivity index (χ1) is 11.2. The van der Waals surface area contributed by atoms with Crippen LogP contribution in [0.1, 0.15) is 35.7 Å². The molecule has 2 aliphatic rings. The van der Waals surface area contributed by atoms with E-state index < -0.39 is 0 Å². The van der Waals surface area contributed by atoms with Gasteiger partial charge in [-0.1, -0.05) is 36.4 Å². The van der Waals surface area contributed by atoms with Gasteiger partial charge in [0.15, 0.2) is 0 Å². The molecule has 4 rings (SSSR count). The zero-order chi connectivity index (χ0) is 15.8. The first-order valence-corrected chi connectivity index (χ1v) is 7.96. The summed E-state index contributed by atoms with van der Waals surface area (Å²) in [6.45, 7) is 2.74. The fraction of sp³-hybridized carbons (Fsp3) is 0.200. The highest BCUT2D eigenvalue weighted by Crippen LogP contribution is 2.39. The third-order valence-corrected chi connectivity index (χ3v) is 4.46. The number of anilines is 1. The third kappa shape index (κ3) is 2.38. The number of hydrogen-bond donors (Lipinski definition) is 0. The number of aliphatic imine (C=N–C) groups is 1. The molecule has 0 fully saturated rings. The molecule has 0 saturated carbocycles. The lowest BCUT2D eigenvalue weighted by molar-refractivity contribution is 0.0987. The molecule has 2 aromatic carbocycles. The Bertz CT molecular complexity index is 834. The van der Waals surface area contributed by atoms with Crippen LogP contribution in [-0.2, 0) is 0 Å². The van der Waals surface area contributed by atoms with Crippen molar-refractivity contribution in [2.45, 2.75) is 19.8 Å². The maximum atomic E-state index is 13.0. The van der Waals surface area contributed by atoms with Gasteiger partial charge < -0.3 is 4.90 Å². The third-order valence-electron chi connectivity index (χ3n) is 4.46. The maximum Gasteiger partial charge on any atom is 0.258 e. The summed E-state index contributed by atoms with van der Waals surface area (Å²) in [6, 6.07) is 17.7. The van der Waals surface area contributed by atoms with Gasteiger partial charge in [0.1, 0.15) is 0 Å². The average molecular weight is 302 g/mol. The minimum absolute atomic E-state index is 0.0555. The highest BCUT2D eigenvalue weighted by Gasteiger charge is 2.28. The quantitative estimate of drug-likeness (QED) is 0.772. The normalized spacial score (nSPS) is 16.6. The van der Waals surface area contributed by atoms with Crippen LogP contribution in [0.3, 0.4) is 0 Å². The summed E-state index contributed by atoms with van der Waals surface area (Å²) in [6.07, 6.45) is 1.69. The highest BCUT2D eigenvalue weighted by atomic mass is 16.2. The van der Waals surface area contributed by atoms with E-state index in [4.69, 9.17) is 4.99 Å². The maximum absolute atomic E-state index is 13.0. The number of para-hydroxylation sites is 1. The summed E-state index contributed by atoms with van der Waals surface area (Å²) in [5, 5.41) is 0. The first-order valence-electron chi connectivity index (χ1n) is 7.96. The number of nitrogens with zero attached hydrogens (tertiary/aromatic N) is 2. The Morgan fingerprint density at radius 2 is 1.78 bits per heavy atom. The van der Waals surface area contributed by atoms with Crippen molar-refractivity contribution in [1.29, 1.82) is 0 Å². The van der Waals surface area contributed by atoms with Gasteiger partial charge in [-0.2, -0.15) is 0 Å². The van der Waals surface area contributed by atoms with E-state index in [2.05, 4.69) is 13.0 Å². The average Bonchev–Trinajstić information content (AvgIpc) is 2.89. The highest BCUT2D eigenvalue weighted by molar-refractivity contribution is 6.09. The number of hydrogen-bond acceptors (Lipinski definition) is 2. The molecule has 0 aromatic heterocycles. The Labute approximate surface area is 136 Å². The second-order valence-corrected chi connectivity index (χ2v) is 6.04. The molecule has 0 N–H and O–H groups in total. The standard InChI is InChI=1S/C20H18N2O/c1-14-13-17-16-9-5-6-10-19(16)22(12-11-18(17)21-14)20(23)15-7-3-2-4-8-15/h2-10H,11-13H2,1H3. The van der Waals surface area contributed by atoms with E-state index in [1.807, 2.05) is 53.4 Å². The summed E-state index contributed by atoms with van der Waals surface area (Å²) in [7, 11) is 0. The number of carbonyl (C=O) groups is 1. The fourth-order valence-electron chi connectivity index (χ4n) is 3.40. The lowest BCUT2D eigenvalue weighted by atomic mass is 9.99. The molecule has 3 heteroatoms. The van der Waals surface area contributed by atoms with Crippen LogP contribution in [0.4, 0.5) is 5.69 Å². The van der Waals surface area contributed by atoms with Gasteiger partial charge in [-0.25, -0.2) is 0 Å². The lowest BCUT2D eigenvalue weighted by Gasteiger charge is -2.23. The van der Waals surface area contributed by atoms with Crippen LogP contribution in [0.5, 0.6) is 0 Å². The molecular weight excluding hydrogens is 284 g/mol. The minimum Gasteiger partial charge on any atom is -0.307 e.